The van der Waals surface area contributed by atoms with Gasteiger partial charge >= 0.3 is 0 Å². The van der Waals surface area contributed by atoms with Gasteiger partial charge in [-0.15, -0.1) is 0 Å². The van der Waals surface area contributed by atoms with Crippen molar-refractivity contribution in [2.75, 3.05) is 12.8 Å². The molecule has 5 heteroatoms. The molecule has 0 fully saturated rings. The highest BCUT2D eigenvalue weighted by Crippen LogP contribution is 2.16. The highest BCUT2D eigenvalue weighted by molar-refractivity contribution is 7.97. The van der Waals surface area contributed by atoms with Crippen LogP contribution in [0.25, 0.3) is 0 Å². The van der Waals surface area contributed by atoms with Crippen molar-refractivity contribution >= 4 is 11.8 Å². The van der Waals surface area contributed by atoms with Crippen molar-refractivity contribution < 1.29 is 4.52 Å². The Kier molecular flexibility index (Phi) is 5.84. The molecule has 2 N–H and O–H groups in total. The number of nitrogens with two attached hydrogens (primary N) is 1. The lowest BCUT2D eigenvalue weighted by molar-refractivity contribution is 0.330. The highest BCUT2D eigenvalue weighted by atomic mass is 32.2. The average molecular weight is 243 g/mol. The molecular weight excluding hydrogens is 222 g/mol. The molecule has 0 aliphatic rings. The lowest BCUT2D eigenvalue weighted by atomic mass is 9.94. The molecule has 0 aliphatic carbocycles. The quantitative estimate of drug-likeness (QED) is 0.794. The molecule has 0 amide bonds. The second kappa shape index (κ2) is 6.91. The zero-order valence-corrected chi connectivity index (χ0v) is 11.1. The molecule has 16 heavy (non-hydrogen) atoms. The molecule has 1 atom stereocenters. The number of thioether (sulfide) groups is 1. The van der Waals surface area contributed by atoms with Crippen LogP contribution < -0.4 is 5.73 Å². The van der Waals surface area contributed by atoms with Crippen LogP contribution in [0.3, 0.4) is 0 Å². The van der Waals surface area contributed by atoms with E-state index in [-0.39, 0.29) is 0 Å². The van der Waals surface area contributed by atoms with Crippen LogP contribution in [0.5, 0.6) is 0 Å². The number of aromatic nitrogens is 2. The normalized spacial score (nSPS) is 13.3. The van der Waals surface area contributed by atoms with E-state index in [1.54, 1.807) is 11.8 Å². The van der Waals surface area contributed by atoms with Gasteiger partial charge in [0.25, 0.3) is 0 Å². The average Bonchev–Trinajstić information content (AvgIpc) is 2.64. The van der Waals surface area contributed by atoms with E-state index >= 15 is 0 Å². The summed E-state index contributed by atoms with van der Waals surface area (Å²) in [4.78, 5) is 4.34. The Morgan fingerprint density at radius 2 is 2.19 bits per heavy atom. The molecule has 0 saturated heterocycles. The predicted molar refractivity (Wildman–Crippen MR) is 67.2 cm³/mol. The van der Waals surface area contributed by atoms with Crippen LogP contribution in [0.1, 0.15) is 32.0 Å². The van der Waals surface area contributed by atoms with E-state index in [1.807, 2.05) is 6.26 Å². The van der Waals surface area contributed by atoms with Crippen LogP contribution in [-0.4, -0.2) is 22.9 Å². The Hall–Kier alpha value is -0.550. The molecule has 92 valence electrons. The monoisotopic (exact) mass is 243 g/mol. The second-order valence-corrected chi connectivity index (χ2v) is 5.34. The lowest BCUT2D eigenvalue weighted by Crippen LogP contribution is -2.19. The van der Waals surface area contributed by atoms with Gasteiger partial charge in [-0.25, -0.2) is 0 Å². The third-order valence-electron chi connectivity index (χ3n) is 2.38. The summed E-state index contributed by atoms with van der Waals surface area (Å²) in [6.45, 7) is 5.09. The van der Waals surface area contributed by atoms with Gasteiger partial charge in [-0.1, -0.05) is 19.0 Å². The lowest BCUT2D eigenvalue weighted by Gasteiger charge is -2.14. The van der Waals surface area contributed by atoms with Crippen LogP contribution in [0, 0.1) is 11.8 Å². The molecule has 4 nitrogen and oxygen atoms in total. The summed E-state index contributed by atoms with van der Waals surface area (Å²) in [5.41, 5.74) is 5.74. The van der Waals surface area contributed by atoms with Crippen LogP contribution >= 0.6 is 11.8 Å². The zero-order chi connectivity index (χ0) is 12.0. The first-order valence-corrected chi connectivity index (χ1v) is 7.05. The summed E-state index contributed by atoms with van der Waals surface area (Å²) >= 11 is 1.69. The summed E-state index contributed by atoms with van der Waals surface area (Å²) in [5.74, 6) is 3.41. The van der Waals surface area contributed by atoms with Gasteiger partial charge in [0.2, 0.25) is 5.89 Å². The van der Waals surface area contributed by atoms with Gasteiger partial charge in [0.05, 0.1) is 5.75 Å². The summed E-state index contributed by atoms with van der Waals surface area (Å²) in [5, 5.41) is 3.92. The highest BCUT2D eigenvalue weighted by Gasteiger charge is 2.14. The van der Waals surface area contributed by atoms with Gasteiger partial charge in [0, 0.05) is 6.42 Å². The summed E-state index contributed by atoms with van der Waals surface area (Å²) < 4.78 is 5.20. The largest absolute Gasteiger partial charge is 0.339 e. The third-order valence-corrected chi connectivity index (χ3v) is 2.93. The van der Waals surface area contributed by atoms with Gasteiger partial charge in [-0.2, -0.15) is 16.7 Å². The van der Waals surface area contributed by atoms with Crippen molar-refractivity contribution in [3.05, 3.63) is 11.7 Å². The van der Waals surface area contributed by atoms with E-state index in [0.717, 1.165) is 30.3 Å². The molecule has 1 aromatic heterocycles. The zero-order valence-electron chi connectivity index (χ0n) is 10.3. The van der Waals surface area contributed by atoms with Gasteiger partial charge in [-0.05, 0) is 31.1 Å². The molecule has 1 rings (SSSR count). The Labute approximate surface area is 101 Å². The molecule has 0 aromatic carbocycles. The minimum absolute atomic E-state index is 0.447. The van der Waals surface area contributed by atoms with Gasteiger partial charge in [-0.3, -0.25) is 0 Å². The fourth-order valence-corrected chi connectivity index (χ4v) is 2.11. The Morgan fingerprint density at radius 1 is 1.44 bits per heavy atom. The van der Waals surface area contributed by atoms with Crippen molar-refractivity contribution in [3.8, 4) is 0 Å². The maximum absolute atomic E-state index is 5.74. The second-order valence-electron chi connectivity index (χ2n) is 4.47. The molecule has 0 saturated carbocycles. The third kappa shape index (κ3) is 4.53. The van der Waals surface area contributed by atoms with Gasteiger partial charge in [0.15, 0.2) is 5.82 Å². The SMILES string of the molecule is CSCc1noc(CC(CN)CC(C)C)n1. The number of hydrogen-bond donors (Lipinski definition) is 1. The van der Waals surface area contributed by atoms with Crippen molar-refractivity contribution in [1.82, 2.24) is 10.1 Å². The van der Waals surface area contributed by atoms with Crippen molar-refractivity contribution in [1.29, 1.82) is 0 Å². The summed E-state index contributed by atoms with van der Waals surface area (Å²) in [7, 11) is 0. The predicted octanol–water partition coefficient (Wildman–Crippen LogP) is 2.10. The molecule has 0 bridgehead atoms. The molecule has 0 radical (unpaired) electrons. The first-order valence-electron chi connectivity index (χ1n) is 5.66. The van der Waals surface area contributed by atoms with Crippen molar-refractivity contribution in [2.24, 2.45) is 17.6 Å². The maximum atomic E-state index is 5.74. The maximum Gasteiger partial charge on any atom is 0.226 e. The van der Waals surface area contributed by atoms with Crippen LogP contribution in [0.4, 0.5) is 0 Å². The first-order chi connectivity index (χ1) is 7.65. The molecule has 0 aliphatic heterocycles. The Balaban J connectivity index is 2.49. The Bertz CT molecular complexity index is 301. The van der Waals surface area contributed by atoms with Crippen molar-refractivity contribution in [3.63, 3.8) is 0 Å². The van der Waals surface area contributed by atoms with Crippen LogP contribution in [0.15, 0.2) is 4.52 Å². The summed E-state index contributed by atoms with van der Waals surface area (Å²) in [6, 6.07) is 0. The van der Waals surface area contributed by atoms with E-state index in [0.29, 0.717) is 18.4 Å². The number of hydrogen-bond acceptors (Lipinski definition) is 5. The van der Waals surface area contributed by atoms with E-state index in [4.69, 9.17) is 10.3 Å². The minimum atomic E-state index is 0.447. The summed E-state index contributed by atoms with van der Waals surface area (Å²) in [6.07, 6.45) is 3.93. The fourth-order valence-electron chi connectivity index (χ4n) is 1.74. The molecule has 1 heterocycles. The van der Waals surface area contributed by atoms with Crippen LogP contribution in [0.2, 0.25) is 0 Å². The minimum Gasteiger partial charge on any atom is -0.339 e. The van der Waals surface area contributed by atoms with E-state index < -0.39 is 0 Å². The first kappa shape index (κ1) is 13.5. The van der Waals surface area contributed by atoms with Gasteiger partial charge < -0.3 is 10.3 Å². The van der Waals surface area contributed by atoms with E-state index in [2.05, 4.69) is 24.0 Å². The Morgan fingerprint density at radius 3 is 2.75 bits per heavy atom. The van der Waals surface area contributed by atoms with E-state index in [9.17, 15) is 0 Å². The smallest absolute Gasteiger partial charge is 0.226 e. The number of rotatable bonds is 7. The molecule has 0 spiro atoms. The fraction of sp³-hybridized carbons (Fsp3) is 0.818. The molecule has 1 unspecified atom stereocenters. The van der Waals surface area contributed by atoms with Crippen LogP contribution in [-0.2, 0) is 12.2 Å². The standard InChI is InChI=1S/C11H21N3OS/c1-8(2)4-9(6-12)5-11-13-10(7-16-3)14-15-11/h8-9H,4-7,12H2,1-3H3. The van der Waals surface area contributed by atoms with E-state index in [1.165, 1.54) is 0 Å². The number of nitrogens with zero attached hydrogens (tertiary/aromatic N) is 2. The van der Waals surface area contributed by atoms with Crippen molar-refractivity contribution in [2.45, 2.75) is 32.4 Å². The topological polar surface area (TPSA) is 64.9 Å². The molecule has 1 aromatic rings. The van der Waals surface area contributed by atoms with Gasteiger partial charge in [0.1, 0.15) is 0 Å². The molecular formula is C11H21N3OS.